The number of nitrogens with zero attached hydrogens (tertiary/aromatic N) is 2. The van der Waals surface area contributed by atoms with Crippen LogP contribution in [0.3, 0.4) is 0 Å². The Kier molecular flexibility index (Phi) is 4.06. The number of carbonyl (C=O) groups is 1. The summed E-state index contributed by atoms with van der Waals surface area (Å²) in [5.41, 5.74) is -0.721. The lowest BCUT2D eigenvalue weighted by molar-refractivity contribution is -0.150. The second-order valence-electron chi connectivity index (χ2n) is 3.90. The molecule has 0 radical (unpaired) electrons. The van der Waals surface area contributed by atoms with E-state index in [-0.39, 0.29) is 5.97 Å². The predicted octanol–water partition coefficient (Wildman–Crippen LogP) is 0.733. The second-order valence-corrected chi connectivity index (χ2v) is 3.90. The molecule has 1 atom stereocenters. The highest BCUT2D eigenvalue weighted by Gasteiger charge is 2.33. The molecule has 90 valence electrons. The van der Waals surface area contributed by atoms with E-state index in [0.717, 1.165) is 5.82 Å². The van der Waals surface area contributed by atoms with E-state index in [1.165, 1.54) is 0 Å². The Hall–Kier alpha value is -1.36. The molecule has 1 aromatic rings. The van der Waals surface area contributed by atoms with Gasteiger partial charge in [0.05, 0.1) is 13.2 Å². The highest BCUT2D eigenvalue weighted by molar-refractivity contribution is 5.80. The lowest BCUT2D eigenvalue weighted by atomic mass is 10.0. The number of nitrogens with one attached hydrogen (secondary N) is 1. The summed E-state index contributed by atoms with van der Waals surface area (Å²) in [5, 5.41) is 3.01. The molecule has 5 heteroatoms. The van der Waals surface area contributed by atoms with Crippen molar-refractivity contribution in [1.29, 1.82) is 0 Å². The molecule has 16 heavy (non-hydrogen) atoms. The van der Waals surface area contributed by atoms with Gasteiger partial charge in [-0.3, -0.25) is 0 Å². The first-order chi connectivity index (χ1) is 7.53. The predicted molar refractivity (Wildman–Crippen MR) is 61.1 cm³/mol. The average Bonchev–Trinajstić information content (AvgIpc) is 2.64. The highest BCUT2D eigenvalue weighted by atomic mass is 16.5. The molecule has 1 heterocycles. The molecule has 0 aliphatic rings. The van der Waals surface area contributed by atoms with Gasteiger partial charge in [0.25, 0.3) is 0 Å². The molecule has 0 aliphatic carbocycles. The zero-order valence-electron chi connectivity index (χ0n) is 10.3. The molecule has 0 fully saturated rings. The Morgan fingerprint density at radius 3 is 2.81 bits per heavy atom. The maximum Gasteiger partial charge on any atom is 0.327 e. The minimum absolute atomic E-state index is 0.245. The van der Waals surface area contributed by atoms with Crippen molar-refractivity contribution in [2.45, 2.75) is 32.9 Å². The third-order valence-electron chi connectivity index (χ3n) is 2.69. The average molecular weight is 225 g/mol. The van der Waals surface area contributed by atoms with Crippen molar-refractivity contribution >= 4 is 5.97 Å². The first-order valence-corrected chi connectivity index (χ1v) is 5.37. The van der Waals surface area contributed by atoms with Gasteiger partial charge in [0.15, 0.2) is 0 Å². The lowest BCUT2D eigenvalue weighted by Crippen LogP contribution is -2.51. The molecule has 0 aliphatic heterocycles. The van der Waals surface area contributed by atoms with Crippen molar-refractivity contribution in [3.63, 3.8) is 0 Å². The summed E-state index contributed by atoms with van der Waals surface area (Å²) < 4.78 is 6.98. The van der Waals surface area contributed by atoms with E-state index < -0.39 is 5.54 Å². The van der Waals surface area contributed by atoms with Crippen LogP contribution in [0.5, 0.6) is 0 Å². The Morgan fingerprint density at radius 2 is 2.38 bits per heavy atom. The molecule has 0 bridgehead atoms. The Labute approximate surface area is 95.8 Å². The molecule has 1 unspecified atom stereocenters. The van der Waals surface area contributed by atoms with Crippen LogP contribution in [-0.2, 0) is 16.1 Å². The van der Waals surface area contributed by atoms with E-state index in [9.17, 15) is 4.79 Å². The maximum absolute atomic E-state index is 11.8. The summed E-state index contributed by atoms with van der Waals surface area (Å²) in [6.45, 7) is 6.43. The normalized spacial score (nSPS) is 14.5. The Balaban J connectivity index is 2.81. The number of esters is 1. The molecule has 0 amide bonds. The van der Waals surface area contributed by atoms with Gasteiger partial charge < -0.3 is 14.6 Å². The van der Waals surface area contributed by atoms with Gasteiger partial charge in [0, 0.05) is 12.4 Å². The number of carbonyl (C=O) groups excluding carboxylic acids is 1. The van der Waals surface area contributed by atoms with Crippen LogP contribution in [0.2, 0.25) is 0 Å². The zero-order valence-corrected chi connectivity index (χ0v) is 10.3. The van der Waals surface area contributed by atoms with Gasteiger partial charge in [-0.15, -0.1) is 0 Å². The largest absolute Gasteiger partial charge is 0.465 e. The van der Waals surface area contributed by atoms with E-state index in [0.29, 0.717) is 13.2 Å². The summed E-state index contributed by atoms with van der Waals surface area (Å²) in [5.74, 6) is 0.636. The zero-order chi connectivity index (χ0) is 12.2. The molecule has 0 saturated carbocycles. The quantitative estimate of drug-likeness (QED) is 0.751. The Bertz CT molecular complexity index is 362. The second kappa shape index (κ2) is 5.12. The van der Waals surface area contributed by atoms with Crippen LogP contribution in [0.1, 0.15) is 19.7 Å². The summed E-state index contributed by atoms with van der Waals surface area (Å²) in [4.78, 5) is 15.9. The number of imidazole rings is 1. The molecule has 0 spiro atoms. The smallest absolute Gasteiger partial charge is 0.327 e. The van der Waals surface area contributed by atoms with Crippen molar-refractivity contribution in [3.8, 4) is 0 Å². The number of aromatic nitrogens is 2. The van der Waals surface area contributed by atoms with Crippen molar-refractivity contribution in [2.75, 3.05) is 13.7 Å². The van der Waals surface area contributed by atoms with Crippen molar-refractivity contribution in [2.24, 2.45) is 0 Å². The minimum atomic E-state index is -0.721. The molecule has 1 rings (SSSR count). The van der Waals surface area contributed by atoms with Crippen LogP contribution in [0.25, 0.3) is 0 Å². The first kappa shape index (κ1) is 12.7. The molecule has 0 aromatic carbocycles. The summed E-state index contributed by atoms with van der Waals surface area (Å²) in [6, 6.07) is 0. The van der Waals surface area contributed by atoms with Crippen molar-refractivity contribution in [3.05, 3.63) is 18.2 Å². The highest BCUT2D eigenvalue weighted by Crippen LogP contribution is 2.11. The van der Waals surface area contributed by atoms with E-state index in [4.69, 9.17) is 4.74 Å². The number of rotatable bonds is 5. The molecular weight excluding hydrogens is 206 g/mol. The third-order valence-corrected chi connectivity index (χ3v) is 2.69. The van der Waals surface area contributed by atoms with Crippen LogP contribution in [0, 0.1) is 6.92 Å². The van der Waals surface area contributed by atoms with Gasteiger partial charge in [-0.1, -0.05) is 0 Å². The van der Waals surface area contributed by atoms with E-state index in [2.05, 4.69) is 10.3 Å². The standard InChI is InChI=1S/C11H19N3O2/c1-5-16-10(15)11(3,12-4)8-14-7-6-13-9(14)2/h6-7,12H,5,8H2,1-4H3. The van der Waals surface area contributed by atoms with Gasteiger partial charge in [-0.05, 0) is 27.8 Å². The van der Waals surface area contributed by atoms with Gasteiger partial charge in [0.1, 0.15) is 11.4 Å². The van der Waals surface area contributed by atoms with Gasteiger partial charge in [0.2, 0.25) is 0 Å². The van der Waals surface area contributed by atoms with E-state index in [1.54, 1.807) is 20.2 Å². The monoisotopic (exact) mass is 225 g/mol. The van der Waals surface area contributed by atoms with Crippen LogP contribution < -0.4 is 5.32 Å². The Morgan fingerprint density at radius 1 is 1.69 bits per heavy atom. The first-order valence-electron chi connectivity index (χ1n) is 5.37. The fourth-order valence-electron chi connectivity index (χ4n) is 1.45. The SMILES string of the molecule is CCOC(=O)C(C)(Cn1ccnc1C)NC. The van der Waals surface area contributed by atoms with Crippen LogP contribution >= 0.6 is 0 Å². The molecule has 5 nitrogen and oxygen atoms in total. The van der Waals surface area contributed by atoms with Crippen LogP contribution in [0.15, 0.2) is 12.4 Å². The summed E-state index contributed by atoms with van der Waals surface area (Å²) >= 11 is 0. The van der Waals surface area contributed by atoms with Gasteiger partial charge >= 0.3 is 5.97 Å². The van der Waals surface area contributed by atoms with E-state index >= 15 is 0 Å². The van der Waals surface area contributed by atoms with Crippen LogP contribution in [-0.4, -0.2) is 34.7 Å². The number of ether oxygens (including phenoxy) is 1. The number of likely N-dealkylation sites (N-methyl/N-ethyl adjacent to an activating group) is 1. The van der Waals surface area contributed by atoms with Gasteiger partial charge in [-0.25, -0.2) is 9.78 Å². The van der Waals surface area contributed by atoms with Crippen molar-refractivity contribution in [1.82, 2.24) is 14.9 Å². The molecule has 1 aromatic heterocycles. The van der Waals surface area contributed by atoms with Crippen LogP contribution in [0.4, 0.5) is 0 Å². The summed E-state index contributed by atoms with van der Waals surface area (Å²) in [6.07, 6.45) is 3.57. The molecular formula is C11H19N3O2. The number of hydrogen-bond acceptors (Lipinski definition) is 4. The van der Waals surface area contributed by atoms with Gasteiger partial charge in [-0.2, -0.15) is 0 Å². The fourth-order valence-corrected chi connectivity index (χ4v) is 1.45. The third kappa shape index (κ3) is 2.61. The molecule has 1 N–H and O–H groups in total. The fraction of sp³-hybridized carbons (Fsp3) is 0.636. The summed E-state index contributed by atoms with van der Waals surface area (Å²) in [7, 11) is 1.75. The number of hydrogen-bond donors (Lipinski definition) is 1. The molecule has 0 saturated heterocycles. The maximum atomic E-state index is 11.8. The minimum Gasteiger partial charge on any atom is -0.465 e. The lowest BCUT2D eigenvalue weighted by Gasteiger charge is -2.27. The number of aryl methyl sites for hydroxylation is 1. The topological polar surface area (TPSA) is 56.2 Å². The van der Waals surface area contributed by atoms with Crippen molar-refractivity contribution < 1.29 is 9.53 Å². The van der Waals surface area contributed by atoms with E-state index in [1.807, 2.05) is 24.6 Å².